The minimum atomic E-state index is -0.243. The van der Waals surface area contributed by atoms with Gasteiger partial charge in [0.1, 0.15) is 0 Å². The highest BCUT2D eigenvalue weighted by Crippen LogP contribution is 2.32. The second-order valence-electron chi connectivity index (χ2n) is 6.63. The SMILES string of the molecule is CC1CCc2sc(C(=O)N(C)CC(=O)Nc3cccc(Cl)c3)cc2C1. The summed E-state index contributed by atoms with van der Waals surface area (Å²) in [6.45, 7) is 2.25. The van der Waals surface area contributed by atoms with E-state index < -0.39 is 0 Å². The third-order valence-corrected chi connectivity index (χ3v) is 5.84. The van der Waals surface area contributed by atoms with Crippen LogP contribution in [0.3, 0.4) is 0 Å². The van der Waals surface area contributed by atoms with Crippen molar-refractivity contribution in [2.24, 2.45) is 5.92 Å². The molecule has 1 aromatic carbocycles. The van der Waals surface area contributed by atoms with Gasteiger partial charge in [-0.15, -0.1) is 11.3 Å². The fourth-order valence-corrected chi connectivity index (χ4v) is 4.45. The zero-order valence-electron chi connectivity index (χ0n) is 14.3. The summed E-state index contributed by atoms with van der Waals surface area (Å²) in [5.41, 5.74) is 1.92. The molecule has 0 radical (unpaired) electrons. The first kappa shape index (κ1) is 18.0. The zero-order valence-corrected chi connectivity index (χ0v) is 15.9. The van der Waals surface area contributed by atoms with Crippen LogP contribution in [0.1, 0.15) is 33.5 Å². The average Bonchev–Trinajstić information content (AvgIpc) is 2.96. The molecule has 25 heavy (non-hydrogen) atoms. The van der Waals surface area contributed by atoms with E-state index in [0.717, 1.165) is 17.7 Å². The topological polar surface area (TPSA) is 49.4 Å². The highest BCUT2D eigenvalue weighted by molar-refractivity contribution is 7.14. The van der Waals surface area contributed by atoms with Crippen molar-refractivity contribution in [3.63, 3.8) is 0 Å². The lowest BCUT2D eigenvalue weighted by Gasteiger charge is -2.16. The summed E-state index contributed by atoms with van der Waals surface area (Å²) in [6, 6.07) is 8.95. The van der Waals surface area contributed by atoms with Crippen LogP contribution < -0.4 is 5.32 Å². The number of fused-ring (bicyclic) bond motifs is 1. The highest BCUT2D eigenvalue weighted by atomic mass is 35.5. The molecule has 1 unspecified atom stereocenters. The number of anilines is 1. The van der Waals surface area contributed by atoms with Crippen molar-refractivity contribution in [1.29, 1.82) is 0 Å². The molecule has 1 aliphatic carbocycles. The van der Waals surface area contributed by atoms with Gasteiger partial charge in [0.2, 0.25) is 5.91 Å². The molecule has 0 fully saturated rings. The largest absolute Gasteiger partial charge is 0.332 e. The number of nitrogens with one attached hydrogen (secondary N) is 1. The van der Waals surface area contributed by atoms with Crippen LogP contribution in [0.15, 0.2) is 30.3 Å². The molecule has 4 nitrogen and oxygen atoms in total. The van der Waals surface area contributed by atoms with E-state index in [1.54, 1.807) is 42.6 Å². The number of carbonyl (C=O) groups is 2. The van der Waals surface area contributed by atoms with E-state index in [0.29, 0.717) is 16.6 Å². The predicted octanol–water partition coefficient (Wildman–Crippen LogP) is 4.24. The number of nitrogens with zero attached hydrogens (tertiary/aromatic N) is 1. The molecule has 1 N–H and O–H groups in total. The number of likely N-dealkylation sites (N-methyl/N-ethyl adjacent to an activating group) is 1. The molecule has 132 valence electrons. The van der Waals surface area contributed by atoms with E-state index in [1.807, 2.05) is 6.07 Å². The number of benzene rings is 1. The Hall–Kier alpha value is -1.85. The monoisotopic (exact) mass is 376 g/mol. The fourth-order valence-electron chi connectivity index (χ4n) is 3.05. The number of amides is 2. The van der Waals surface area contributed by atoms with Crippen molar-refractivity contribution in [2.45, 2.75) is 26.2 Å². The minimum Gasteiger partial charge on any atom is -0.332 e. The third-order valence-electron chi connectivity index (χ3n) is 4.38. The minimum absolute atomic E-state index is 0.00428. The molecule has 0 bridgehead atoms. The summed E-state index contributed by atoms with van der Waals surface area (Å²) in [7, 11) is 1.65. The molecule has 0 saturated heterocycles. The van der Waals surface area contributed by atoms with Crippen molar-refractivity contribution in [1.82, 2.24) is 4.90 Å². The molecule has 2 aromatic rings. The Morgan fingerprint density at radius 2 is 2.16 bits per heavy atom. The van der Waals surface area contributed by atoms with E-state index in [4.69, 9.17) is 11.6 Å². The van der Waals surface area contributed by atoms with Crippen LogP contribution in [0, 0.1) is 5.92 Å². The van der Waals surface area contributed by atoms with E-state index in [2.05, 4.69) is 12.2 Å². The molecule has 1 atom stereocenters. The summed E-state index contributed by atoms with van der Waals surface area (Å²) in [4.78, 5) is 28.3. The lowest BCUT2D eigenvalue weighted by molar-refractivity contribution is -0.116. The first-order valence-corrected chi connectivity index (χ1v) is 9.54. The predicted molar refractivity (Wildman–Crippen MR) is 103 cm³/mol. The summed E-state index contributed by atoms with van der Waals surface area (Å²) in [5.74, 6) is 0.326. The molecule has 0 aliphatic heterocycles. The van der Waals surface area contributed by atoms with Crippen LogP contribution in [-0.2, 0) is 17.6 Å². The Morgan fingerprint density at radius 1 is 1.36 bits per heavy atom. The Bertz CT molecular complexity index is 802. The Morgan fingerprint density at radius 3 is 2.92 bits per heavy atom. The standard InChI is InChI=1S/C19H21ClN2O2S/c1-12-6-7-16-13(8-12)9-17(25-16)19(24)22(2)11-18(23)21-15-5-3-4-14(20)10-15/h3-5,9-10,12H,6-8,11H2,1-2H3,(H,21,23). The van der Waals surface area contributed by atoms with Crippen LogP contribution in [0.5, 0.6) is 0 Å². The molecule has 2 amide bonds. The van der Waals surface area contributed by atoms with Gasteiger partial charge in [0.05, 0.1) is 11.4 Å². The summed E-state index contributed by atoms with van der Waals surface area (Å²) < 4.78 is 0. The smallest absolute Gasteiger partial charge is 0.264 e. The Labute approximate surface area is 156 Å². The third kappa shape index (κ3) is 4.41. The molecule has 0 spiro atoms. The number of carbonyl (C=O) groups excluding carboxylic acids is 2. The van der Waals surface area contributed by atoms with Crippen molar-refractivity contribution < 1.29 is 9.59 Å². The van der Waals surface area contributed by atoms with E-state index >= 15 is 0 Å². The van der Waals surface area contributed by atoms with Crippen LogP contribution in [0.2, 0.25) is 5.02 Å². The Kier molecular flexibility index (Phi) is 5.45. The molecule has 1 aromatic heterocycles. The maximum atomic E-state index is 12.6. The molecule has 0 saturated carbocycles. The van der Waals surface area contributed by atoms with Crippen LogP contribution >= 0.6 is 22.9 Å². The van der Waals surface area contributed by atoms with E-state index in [9.17, 15) is 9.59 Å². The van der Waals surface area contributed by atoms with Gasteiger partial charge in [0.15, 0.2) is 0 Å². The van der Waals surface area contributed by atoms with Gasteiger partial charge in [0, 0.05) is 22.6 Å². The number of aryl methyl sites for hydroxylation is 1. The van der Waals surface area contributed by atoms with Gasteiger partial charge >= 0.3 is 0 Å². The molecule has 1 heterocycles. The second-order valence-corrected chi connectivity index (χ2v) is 8.20. The van der Waals surface area contributed by atoms with Crippen LogP contribution in [-0.4, -0.2) is 30.3 Å². The molecule has 1 aliphatic rings. The highest BCUT2D eigenvalue weighted by Gasteiger charge is 2.23. The summed E-state index contributed by atoms with van der Waals surface area (Å²) in [6.07, 6.45) is 3.27. The number of halogens is 1. The van der Waals surface area contributed by atoms with Gasteiger partial charge in [-0.25, -0.2) is 0 Å². The number of thiophene rings is 1. The van der Waals surface area contributed by atoms with Crippen LogP contribution in [0.4, 0.5) is 5.69 Å². The van der Waals surface area contributed by atoms with E-state index in [-0.39, 0.29) is 18.4 Å². The fraction of sp³-hybridized carbons (Fsp3) is 0.368. The average molecular weight is 377 g/mol. The second kappa shape index (κ2) is 7.58. The summed E-state index contributed by atoms with van der Waals surface area (Å²) >= 11 is 7.48. The molecule has 3 rings (SSSR count). The number of hydrogen-bond donors (Lipinski definition) is 1. The lowest BCUT2D eigenvalue weighted by Crippen LogP contribution is -2.34. The van der Waals surface area contributed by atoms with E-state index in [1.165, 1.54) is 21.8 Å². The maximum Gasteiger partial charge on any atom is 0.264 e. The van der Waals surface area contributed by atoms with Crippen LogP contribution in [0.25, 0.3) is 0 Å². The zero-order chi connectivity index (χ0) is 18.0. The van der Waals surface area contributed by atoms with Crippen molar-refractivity contribution in [2.75, 3.05) is 18.9 Å². The van der Waals surface area contributed by atoms with Gasteiger partial charge in [-0.2, -0.15) is 0 Å². The Balaban J connectivity index is 1.62. The molecule has 6 heteroatoms. The van der Waals surface area contributed by atoms with Gasteiger partial charge < -0.3 is 10.2 Å². The first-order chi connectivity index (χ1) is 11.9. The normalized spacial score (nSPS) is 16.2. The lowest BCUT2D eigenvalue weighted by atomic mass is 9.90. The molecular formula is C19H21ClN2O2S. The van der Waals surface area contributed by atoms with Gasteiger partial charge in [-0.3, -0.25) is 9.59 Å². The number of hydrogen-bond acceptors (Lipinski definition) is 3. The van der Waals surface area contributed by atoms with Crippen molar-refractivity contribution in [3.8, 4) is 0 Å². The first-order valence-electron chi connectivity index (χ1n) is 8.35. The van der Waals surface area contributed by atoms with Gasteiger partial charge in [-0.05, 0) is 55.0 Å². The maximum absolute atomic E-state index is 12.6. The summed E-state index contributed by atoms with van der Waals surface area (Å²) in [5, 5.41) is 3.32. The molecular weight excluding hydrogens is 356 g/mol. The quantitative estimate of drug-likeness (QED) is 0.867. The van der Waals surface area contributed by atoms with Crippen molar-refractivity contribution in [3.05, 3.63) is 50.7 Å². The number of rotatable bonds is 4. The van der Waals surface area contributed by atoms with Gasteiger partial charge in [-0.1, -0.05) is 24.6 Å². The van der Waals surface area contributed by atoms with Crippen molar-refractivity contribution >= 4 is 40.4 Å². The van der Waals surface area contributed by atoms with Gasteiger partial charge in [0.25, 0.3) is 5.91 Å².